The first-order valence-corrected chi connectivity index (χ1v) is 14.4. The lowest BCUT2D eigenvalue weighted by molar-refractivity contribution is -0.274. The lowest BCUT2D eigenvalue weighted by Gasteiger charge is -2.21. The smallest absolute Gasteiger partial charge is 0.406 e. The average molecular weight is 603 g/mol. The highest BCUT2D eigenvalue weighted by atomic mass is 32.2. The van der Waals surface area contributed by atoms with Gasteiger partial charge in [-0.2, -0.15) is 5.10 Å². The van der Waals surface area contributed by atoms with Gasteiger partial charge in [-0.3, -0.25) is 14.3 Å². The number of rotatable bonds is 6. The van der Waals surface area contributed by atoms with Gasteiger partial charge in [0.25, 0.3) is 0 Å². The first kappa shape index (κ1) is 28.4. The molecule has 6 rings (SSSR count). The van der Waals surface area contributed by atoms with Crippen LogP contribution in [0.25, 0.3) is 27.6 Å². The number of amidine groups is 1. The number of halogens is 3. The van der Waals surface area contributed by atoms with E-state index in [-0.39, 0.29) is 17.6 Å². The lowest BCUT2D eigenvalue weighted by atomic mass is 9.99. The Morgan fingerprint density at radius 1 is 1.05 bits per heavy atom. The summed E-state index contributed by atoms with van der Waals surface area (Å²) < 4.78 is 43.3. The number of aryl methyl sites for hydroxylation is 1. The molecule has 1 fully saturated rings. The number of amides is 1. The molecule has 0 N–H and O–H groups in total. The maximum absolute atomic E-state index is 12.8. The number of anilines is 1. The Balaban J connectivity index is 1.26. The second kappa shape index (κ2) is 11.2. The van der Waals surface area contributed by atoms with E-state index in [4.69, 9.17) is 0 Å². The van der Waals surface area contributed by atoms with Gasteiger partial charge >= 0.3 is 6.36 Å². The molecule has 8 nitrogen and oxygen atoms in total. The van der Waals surface area contributed by atoms with Gasteiger partial charge < -0.3 is 4.74 Å². The van der Waals surface area contributed by atoms with Crippen LogP contribution in [-0.4, -0.2) is 43.9 Å². The largest absolute Gasteiger partial charge is 0.573 e. The fraction of sp³-hybridized carbons (Fsp3) is 0.194. The van der Waals surface area contributed by atoms with Gasteiger partial charge in [0.1, 0.15) is 12.1 Å². The lowest BCUT2D eigenvalue weighted by Crippen LogP contribution is -2.30. The van der Waals surface area contributed by atoms with Crippen LogP contribution >= 0.6 is 11.8 Å². The minimum atomic E-state index is -4.75. The maximum atomic E-state index is 12.8. The summed E-state index contributed by atoms with van der Waals surface area (Å²) in [4.78, 5) is 23.7. The van der Waals surface area contributed by atoms with E-state index in [1.54, 1.807) is 28.1 Å². The van der Waals surface area contributed by atoms with Gasteiger partial charge in [0.05, 0.1) is 39.9 Å². The summed E-state index contributed by atoms with van der Waals surface area (Å²) in [5.41, 5.74) is 6.32. The van der Waals surface area contributed by atoms with Crippen LogP contribution in [0.2, 0.25) is 0 Å². The number of carbonyl (C=O) groups is 1. The van der Waals surface area contributed by atoms with Crippen molar-refractivity contribution in [3.63, 3.8) is 0 Å². The highest BCUT2D eigenvalue weighted by Crippen LogP contribution is 2.34. The number of thioether (sulfide) groups is 1. The SMILES string of the molecule is Cc1ccc(C(C)C)c(N2C(=O)CS/C2=N\N=Cc2ccc3c(ccc4c3ncn4-c3ccc(OC(F)(F)F)cc3)n2)c1. The van der Waals surface area contributed by atoms with Crippen molar-refractivity contribution in [3.05, 3.63) is 89.9 Å². The van der Waals surface area contributed by atoms with Gasteiger partial charge in [-0.25, -0.2) is 9.97 Å². The van der Waals surface area contributed by atoms with E-state index in [9.17, 15) is 18.0 Å². The second-order valence-corrected chi connectivity index (χ2v) is 11.2. The Kier molecular flexibility index (Phi) is 7.38. The molecule has 3 heterocycles. The molecule has 1 aliphatic heterocycles. The van der Waals surface area contributed by atoms with Crippen molar-refractivity contribution in [2.75, 3.05) is 10.7 Å². The molecule has 0 radical (unpaired) electrons. The number of nitrogens with zero attached hydrogens (tertiary/aromatic N) is 6. The highest BCUT2D eigenvalue weighted by molar-refractivity contribution is 8.15. The number of alkyl halides is 3. The number of benzene rings is 3. The van der Waals surface area contributed by atoms with Crippen molar-refractivity contribution < 1.29 is 22.7 Å². The Labute approximate surface area is 248 Å². The minimum absolute atomic E-state index is 0.0377. The molecule has 0 unspecified atom stereocenters. The fourth-order valence-corrected chi connectivity index (χ4v) is 5.75. The molecule has 0 atom stereocenters. The number of hydrogen-bond donors (Lipinski definition) is 0. The third-order valence-electron chi connectivity index (χ3n) is 6.90. The highest BCUT2D eigenvalue weighted by Gasteiger charge is 2.32. The van der Waals surface area contributed by atoms with E-state index in [1.807, 2.05) is 37.3 Å². The summed E-state index contributed by atoms with van der Waals surface area (Å²) in [6.07, 6.45) is -1.60. The molecule has 0 bridgehead atoms. The summed E-state index contributed by atoms with van der Waals surface area (Å²) in [5.74, 6) is 0.194. The standard InChI is InChI=1S/C31H25F3N6O2S/c1-18(2)23-10-4-19(3)14-27(23)40-28(41)16-43-30(40)38-36-15-20-5-11-24-25(37-20)12-13-26-29(24)35-17-39(26)21-6-8-22(9-7-21)42-31(32,33)34/h4-15,17-18H,16H2,1-3H3/b36-15?,38-30-. The van der Waals surface area contributed by atoms with E-state index < -0.39 is 6.36 Å². The fourth-order valence-electron chi connectivity index (χ4n) is 4.93. The number of fused-ring (bicyclic) bond motifs is 3. The van der Waals surface area contributed by atoms with E-state index >= 15 is 0 Å². The molecule has 43 heavy (non-hydrogen) atoms. The normalized spacial score (nSPS) is 15.2. The third-order valence-corrected chi connectivity index (χ3v) is 7.81. The molecule has 5 aromatic rings. The predicted molar refractivity (Wildman–Crippen MR) is 163 cm³/mol. The summed E-state index contributed by atoms with van der Waals surface area (Å²) in [6, 6.07) is 19.1. The van der Waals surface area contributed by atoms with E-state index in [2.05, 4.69) is 44.8 Å². The molecule has 1 saturated heterocycles. The molecule has 1 aliphatic rings. The number of pyridine rings is 1. The van der Waals surface area contributed by atoms with E-state index in [1.165, 1.54) is 36.0 Å². The summed E-state index contributed by atoms with van der Waals surface area (Å²) in [5, 5.41) is 9.95. The average Bonchev–Trinajstić information content (AvgIpc) is 3.56. The van der Waals surface area contributed by atoms with Crippen molar-refractivity contribution in [2.45, 2.75) is 33.1 Å². The number of ether oxygens (including phenoxy) is 1. The van der Waals surface area contributed by atoms with Gasteiger partial charge in [0.2, 0.25) is 5.91 Å². The van der Waals surface area contributed by atoms with Crippen LogP contribution in [0.15, 0.2) is 83.3 Å². The Hall–Kier alpha value is -4.71. The number of aromatic nitrogens is 3. The number of carbonyl (C=O) groups excluding carboxylic acids is 1. The van der Waals surface area contributed by atoms with Crippen LogP contribution in [0.5, 0.6) is 5.75 Å². The number of imidazole rings is 1. The van der Waals surface area contributed by atoms with Gasteiger partial charge in [-0.15, -0.1) is 18.3 Å². The van der Waals surface area contributed by atoms with Crippen LogP contribution in [-0.2, 0) is 4.79 Å². The third kappa shape index (κ3) is 5.82. The first-order chi connectivity index (χ1) is 20.6. The van der Waals surface area contributed by atoms with E-state index in [0.29, 0.717) is 33.3 Å². The maximum Gasteiger partial charge on any atom is 0.573 e. The zero-order chi connectivity index (χ0) is 30.3. The van der Waals surface area contributed by atoms with Crippen LogP contribution in [0, 0.1) is 6.92 Å². The molecular formula is C31H25F3N6O2S. The van der Waals surface area contributed by atoms with Crippen LogP contribution in [0.4, 0.5) is 18.9 Å². The first-order valence-electron chi connectivity index (χ1n) is 13.4. The zero-order valence-electron chi connectivity index (χ0n) is 23.3. The summed E-state index contributed by atoms with van der Waals surface area (Å²) >= 11 is 1.35. The monoisotopic (exact) mass is 602 g/mol. The molecule has 3 aromatic carbocycles. The van der Waals surface area contributed by atoms with E-state index in [0.717, 1.165) is 27.7 Å². The van der Waals surface area contributed by atoms with Gasteiger partial charge in [-0.1, -0.05) is 37.7 Å². The Bertz CT molecular complexity index is 1920. The zero-order valence-corrected chi connectivity index (χ0v) is 24.1. The van der Waals surface area contributed by atoms with Crippen molar-refractivity contribution >= 4 is 56.7 Å². The van der Waals surface area contributed by atoms with Crippen molar-refractivity contribution in [3.8, 4) is 11.4 Å². The Morgan fingerprint density at radius 2 is 1.84 bits per heavy atom. The van der Waals surface area contributed by atoms with Gasteiger partial charge in [-0.05, 0) is 78.6 Å². The second-order valence-electron chi connectivity index (χ2n) is 10.3. The van der Waals surface area contributed by atoms with Gasteiger partial charge in [0.15, 0.2) is 5.17 Å². The molecule has 218 valence electrons. The van der Waals surface area contributed by atoms with Crippen molar-refractivity contribution in [1.29, 1.82) is 0 Å². The van der Waals surface area contributed by atoms with Crippen molar-refractivity contribution in [2.24, 2.45) is 10.2 Å². The molecule has 12 heteroatoms. The number of hydrogen-bond acceptors (Lipinski definition) is 7. The molecule has 0 aliphatic carbocycles. The van der Waals surface area contributed by atoms with Crippen LogP contribution < -0.4 is 9.64 Å². The van der Waals surface area contributed by atoms with Crippen LogP contribution in [0.1, 0.15) is 36.6 Å². The van der Waals surface area contributed by atoms with Crippen molar-refractivity contribution in [1.82, 2.24) is 14.5 Å². The topological polar surface area (TPSA) is 85.0 Å². The quantitative estimate of drug-likeness (QED) is 0.150. The predicted octanol–water partition coefficient (Wildman–Crippen LogP) is 7.37. The molecule has 0 saturated carbocycles. The molecule has 0 spiro atoms. The Morgan fingerprint density at radius 3 is 2.58 bits per heavy atom. The summed E-state index contributed by atoms with van der Waals surface area (Å²) in [7, 11) is 0. The molecule has 2 aromatic heterocycles. The molecular weight excluding hydrogens is 577 g/mol. The summed E-state index contributed by atoms with van der Waals surface area (Å²) in [6.45, 7) is 6.18. The van der Waals surface area contributed by atoms with Crippen LogP contribution in [0.3, 0.4) is 0 Å². The molecule has 1 amide bonds. The minimum Gasteiger partial charge on any atom is -0.406 e. The van der Waals surface area contributed by atoms with Gasteiger partial charge in [0, 0.05) is 11.1 Å².